The Balaban J connectivity index is 0.00000225. The van der Waals surface area contributed by atoms with Crippen LogP contribution in [0.3, 0.4) is 0 Å². The first-order valence-corrected chi connectivity index (χ1v) is 8.29. The number of tetrazole rings is 1. The molecule has 9 nitrogen and oxygen atoms in total. The standard InChI is InChI=1S/C18H17N6O3.W/c1-23-21-17(20-22-23)16-8-5-13(9-19-16)12-3-6-14(7-4-12)24-15(10-26-2)11-27-18(24)25;/h3-9,15H,2,10-11H2,1H3;/q-1;/t15-;/m1./s1. The van der Waals surface area contributed by atoms with Gasteiger partial charge in [0.15, 0.2) is 0 Å². The number of amides is 1. The van der Waals surface area contributed by atoms with Crippen molar-refractivity contribution in [3.05, 3.63) is 49.7 Å². The van der Waals surface area contributed by atoms with Gasteiger partial charge in [0.2, 0.25) is 5.82 Å². The zero-order valence-electron chi connectivity index (χ0n) is 15.1. The predicted octanol–water partition coefficient (Wildman–Crippen LogP) is 2.07. The van der Waals surface area contributed by atoms with Crippen molar-refractivity contribution < 1.29 is 35.3 Å². The van der Waals surface area contributed by atoms with E-state index < -0.39 is 0 Å². The summed E-state index contributed by atoms with van der Waals surface area (Å²) in [5.74, 6) is 0.477. The molecule has 3 heterocycles. The molecule has 1 fully saturated rings. The van der Waals surface area contributed by atoms with Crippen molar-refractivity contribution in [3.8, 4) is 22.6 Å². The van der Waals surface area contributed by atoms with Crippen molar-refractivity contribution in [1.29, 1.82) is 0 Å². The Morgan fingerprint density at radius 3 is 2.57 bits per heavy atom. The zero-order valence-corrected chi connectivity index (χ0v) is 18.0. The predicted molar refractivity (Wildman–Crippen MR) is 96.4 cm³/mol. The molecular weight excluding hydrogens is 532 g/mol. The summed E-state index contributed by atoms with van der Waals surface area (Å²) in [7, 11) is 5.08. The van der Waals surface area contributed by atoms with Crippen LogP contribution in [-0.2, 0) is 37.6 Å². The third kappa shape index (κ3) is 3.95. The van der Waals surface area contributed by atoms with Gasteiger partial charge in [0.05, 0.1) is 13.1 Å². The number of hydrogen-bond donors (Lipinski definition) is 0. The number of rotatable bonds is 5. The Hall–Kier alpha value is -2.64. The van der Waals surface area contributed by atoms with Gasteiger partial charge in [0.1, 0.15) is 12.3 Å². The van der Waals surface area contributed by atoms with E-state index in [-0.39, 0.29) is 39.8 Å². The van der Waals surface area contributed by atoms with Gasteiger partial charge in [-0.25, -0.2) is 11.9 Å². The summed E-state index contributed by atoms with van der Waals surface area (Å²) in [6.45, 7) is 0.604. The van der Waals surface area contributed by atoms with E-state index in [0.717, 1.165) is 16.8 Å². The third-order valence-electron chi connectivity index (χ3n) is 4.25. The molecule has 2 aromatic heterocycles. The fourth-order valence-corrected chi connectivity index (χ4v) is 2.93. The number of benzene rings is 1. The number of nitrogens with zero attached hydrogens (tertiary/aromatic N) is 6. The fraction of sp³-hybridized carbons (Fsp3) is 0.222. The van der Waals surface area contributed by atoms with Gasteiger partial charge in [-0.05, 0) is 29.0 Å². The van der Waals surface area contributed by atoms with Crippen LogP contribution in [0.2, 0.25) is 0 Å². The molecule has 1 aliphatic heterocycles. The molecular formula is C18H17N6O3W-. The van der Waals surface area contributed by atoms with Gasteiger partial charge >= 0.3 is 6.09 Å². The van der Waals surface area contributed by atoms with Crippen molar-refractivity contribution >= 4 is 11.8 Å². The van der Waals surface area contributed by atoms with Gasteiger partial charge in [0, 0.05) is 45.1 Å². The molecule has 28 heavy (non-hydrogen) atoms. The third-order valence-corrected chi connectivity index (χ3v) is 4.25. The molecule has 3 aromatic rings. The van der Waals surface area contributed by atoms with Crippen LogP contribution in [0.1, 0.15) is 0 Å². The molecule has 144 valence electrons. The van der Waals surface area contributed by atoms with Crippen LogP contribution in [0, 0.1) is 7.11 Å². The first-order chi connectivity index (χ1) is 13.2. The molecule has 0 aliphatic carbocycles. The van der Waals surface area contributed by atoms with Gasteiger partial charge in [0.25, 0.3) is 0 Å². The number of pyridine rings is 1. The molecule has 1 saturated heterocycles. The Kier molecular flexibility index (Phi) is 6.16. The maximum Gasteiger partial charge on any atom is 0.414 e. The van der Waals surface area contributed by atoms with Crippen LogP contribution < -0.4 is 4.90 Å². The first kappa shape index (κ1) is 20.1. The Labute approximate surface area is 175 Å². The summed E-state index contributed by atoms with van der Waals surface area (Å²) in [5, 5.41) is 11.9. The molecule has 1 atom stereocenters. The smallest absolute Gasteiger partial charge is 0.414 e. The van der Waals surface area contributed by atoms with Gasteiger partial charge in [-0.2, -0.15) is 4.80 Å². The van der Waals surface area contributed by atoms with Gasteiger partial charge in [-0.3, -0.25) is 9.88 Å². The van der Waals surface area contributed by atoms with Gasteiger partial charge in [-0.1, -0.05) is 18.2 Å². The van der Waals surface area contributed by atoms with Crippen molar-refractivity contribution in [2.45, 2.75) is 6.04 Å². The number of aryl methyl sites for hydroxylation is 1. The van der Waals surface area contributed by atoms with Crippen LogP contribution in [0.15, 0.2) is 42.6 Å². The van der Waals surface area contributed by atoms with E-state index in [1.165, 1.54) is 4.80 Å². The van der Waals surface area contributed by atoms with E-state index in [1.54, 1.807) is 18.1 Å². The zero-order chi connectivity index (χ0) is 18.8. The number of cyclic esters (lactones) is 1. The van der Waals surface area contributed by atoms with E-state index in [0.29, 0.717) is 18.1 Å². The molecule has 10 heteroatoms. The molecule has 0 N–H and O–H groups in total. The SMILES string of the molecule is [CH2-]OC[C@@H]1COC(=O)N1c1ccc(-c2ccc(-c3nnn(C)n3)nc2)cc1.[W]. The monoisotopic (exact) mass is 549 g/mol. The number of ether oxygens (including phenoxy) is 2. The van der Waals surface area contributed by atoms with E-state index in [9.17, 15) is 4.79 Å². The quantitative estimate of drug-likeness (QED) is 0.450. The summed E-state index contributed by atoms with van der Waals surface area (Å²) >= 11 is 0. The Bertz CT molecular complexity index is 945. The number of hydrogen-bond acceptors (Lipinski definition) is 7. The fourth-order valence-electron chi connectivity index (χ4n) is 2.93. The average molecular weight is 549 g/mol. The van der Waals surface area contributed by atoms with E-state index >= 15 is 0 Å². The van der Waals surface area contributed by atoms with Crippen LogP contribution in [-0.4, -0.2) is 50.5 Å². The Morgan fingerprint density at radius 2 is 1.96 bits per heavy atom. The van der Waals surface area contributed by atoms with Crippen LogP contribution in [0.4, 0.5) is 10.5 Å². The molecule has 1 amide bonds. The van der Waals surface area contributed by atoms with Crippen molar-refractivity contribution in [1.82, 2.24) is 25.2 Å². The van der Waals surface area contributed by atoms with Crippen LogP contribution >= 0.6 is 0 Å². The van der Waals surface area contributed by atoms with E-state index in [4.69, 9.17) is 9.47 Å². The summed E-state index contributed by atoms with van der Waals surface area (Å²) < 4.78 is 10.0. The maximum absolute atomic E-state index is 12.0. The minimum absolute atomic E-state index is 0. The summed E-state index contributed by atoms with van der Waals surface area (Å²) in [6.07, 6.45) is 1.37. The second-order valence-electron chi connectivity index (χ2n) is 6.05. The maximum atomic E-state index is 12.0. The number of anilines is 1. The molecule has 0 bridgehead atoms. The molecule has 1 aromatic carbocycles. The molecule has 4 rings (SSSR count). The van der Waals surface area contributed by atoms with E-state index in [2.05, 4.69) is 27.5 Å². The average Bonchev–Trinajstić information content (AvgIpc) is 3.28. The normalized spacial score (nSPS) is 16.0. The molecule has 0 unspecified atom stereocenters. The topological polar surface area (TPSA) is 95.3 Å². The number of carbonyl (C=O) groups is 1. The first-order valence-electron chi connectivity index (χ1n) is 8.29. The molecule has 0 spiro atoms. The number of aromatic nitrogens is 5. The second kappa shape index (κ2) is 8.58. The molecule has 0 saturated carbocycles. The van der Waals surface area contributed by atoms with Crippen molar-refractivity contribution in [2.24, 2.45) is 7.05 Å². The van der Waals surface area contributed by atoms with Crippen LogP contribution in [0.25, 0.3) is 22.6 Å². The minimum Gasteiger partial charge on any atom is -0.553 e. The van der Waals surface area contributed by atoms with Crippen molar-refractivity contribution in [2.75, 3.05) is 18.1 Å². The second-order valence-corrected chi connectivity index (χ2v) is 6.05. The molecule has 0 radical (unpaired) electrons. The van der Waals surface area contributed by atoms with E-state index in [1.807, 2.05) is 36.4 Å². The minimum atomic E-state index is -0.382. The summed E-state index contributed by atoms with van der Waals surface area (Å²) in [4.78, 5) is 19.4. The van der Waals surface area contributed by atoms with Gasteiger partial charge < -0.3 is 9.47 Å². The van der Waals surface area contributed by atoms with Crippen molar-refractivity contribution in [3.63, 3.8) is 0 Å². The van der Waals surface area contributed by atoms with Crippen LogP contribution in [0.5, 0.6) is 0 Å². The van der Waals surface area contributed by atoms with Gasteiger partial charge in [-0.15, -0.1) is 10.2 Å². The Morgan fingerprint density at radius 1 is 1.21 bits per heavy atom. The molecule has 1 aliphatic rings. The number of carbonyl (C=O) groups excluding carboxylic acids is 1. The summed E-state index contributed by atoms with van der Waals surface area (Å²) in [5.41, 5.74) is 3.31. The largest absolute Gasteiger partial charge is 0.553 e. The summed E-state index contributed by atoms with van der Waals surface area (Å²) in [6, 6.07) is 11.2.